The fourth-order valence-corrected chi connectivity index (χ4v) is 3.56. The first kappa shape index (κ1) is 21.8. The minimum atomic E-state index is -0.470. The largest absolute Gasteiger partial charge is 0.422 e. The molecule has 0 spiro atoms. The average Bonchev–Trinajstić information content (AvgIpc) is 2.68. The summed E-state index contributed by atoms with van der Waals surface area (Å²) < 4.78 is 5.53. The zero-order chi connectivity index (χ0) is 20.5. The first-order valence-corrected chi connectivity index (χ1v) is 10.4. The van der Waals surface area contributed by atoms with E-state index in [9.17, 15) is 4.79 Å². The number of fused-ring (bicyclic) bond motifs is 1. The second-order valence-corrected chi connectivity index (χ2v) is 7.53. The minimum absolute atomic E-state index is 0.203. The number of hydrogen-bond donors (Lipinski definition) is 1. The van der Waals surface area contributed by atoms with Gasteiger partial charge < -0.3 is 9.32 Å². The Bertz CT molecular complexity index is 966. The number of hydrogen-bond acceptors (Lipinski definition) is 5. The van der Waals surface area contributed by atoms with Crippen LogP contribution < -0.4 is 10.5 Å². The zero-order valence-corrected chi connectivity index (χ0v) is 17.8. The monoisotopic (exact) mass is 396 g/mol. The molecule has 0 unspecified atom stereocenters. The van der Waals surface area contributed by atoms with Crippen LogP contribution in [0.15, 0.2) is 68.8 Å². The van der Waals surface area contributed by atoms with Crippen LogP contribution in [0.1, 0.15) is 39.7 Å². The predicted molar refractivity (Wildman–Crippen MR) is 123 cm³/mol. The number of nitrogens with zero attached hydrogens (tertiary/aromatic N) is 1. The molecule has 0 aliphatic carbocycles. The summed E-state index contributed by atoms with van der Waals surface area (Å²) in [7, 11) is 0. The number of anilines is 1. The number of nitrogens with one attached hydrogen (secondary N) is 1. The highest BCUT2D eigenvalue weighted by Crippen LogP contribution is 2.25. The van der Waals surface area contributed by atoms with Crippen molar-refractivity contribution in [3.05, 3.63) is 75.5 Å². The first-order valence-electron chi connectivity index (χ1n) is 9.54. The summed E-state index contributed by atoms with van der Waals surface area (Å²) in [4.78, 5) is 15.6. The highest BCUT2D eigenvalue weighted by molar-refractivity contribution is 8.17. The molecule has 1 heterocycles. The van der Waals surface area contributed by atoms with Crippen molar-refractivity contribution in [2.45, 2.75) is 34.1 Å². The molecule has 0 aliphatic rings. The molecule has 0 saturated carbocycles. The molecule has 0 bridgehead atoms. The maximum absolute atomic E-state index is 12.4. The van der Waals surface area contributed by atoms with Gasteiger partial charge in [-0.15, -0.1) is 0 Å². The molecule has 1 N–H and O–H groups in total. The SMILES string of the molecule is C/C=C\C=CC/C=C(\C)SC(=N)c1cc2ccc(N(CC)CC)cc2oc1=O. The number of thioether (sulfide) groups is 1. The van der Waals surface area contributed by atoms with Gasteiger partial charge in [0.05, 0.1) is 5.56 Å². The summed E-state index contributed by atoms with van der Waals surface area (Å²) in [6.45, 7) is 9.89. The lowest BCUT2D eigenvalue weighted by Crippen LogP contribution is -2.21. The zero-order valence-electron chi connectivity index (χ0n) is 17.0. The summed E-state index contributed by atoms with van der Waals surface area (Å²) in [6, 6.07) is 7.62. The van der Waals surface area contributed by atoms with Gasteiger partial charge in [-0.2, -0.15) is 0 Å². The molecular weight excluding hydrogens is 368 g/mol. The molecule has 2 rings (SSSR count). The van der Waals surface area contributed by atoms with Gasteiger partial charge in [-0.05, 0) is 57.2 Å². The van der Waals surface area contributed by atoms with Crippen LogP contribution in [0.3, 0.4) is 0 Å². The predicted octanol–water partition coefficient (Wildman–Crippen LogP) is 6.12. The average molecular weight is 397 g/mol. The maximum atomic E-state index is 12.4. The van der Waals surface area contributed by atoms with E-state index in [1.165, 1.54) is 11.8 Å². The van der Waals surface area contributed by atoms with E-state index < -0.39 is 5.63 Å². The van der Waals surface area contributed by atoms with Crippen LogP contribution in [0.2, 0.25) is 0 Å². The van der Waals surface area contributed by atoms with Crippen LogP contribution in [-0.4, -0.2) is 18.1 Å². The van der Waals surface area contributed by atoms with Gasteiger partial charge in [-0.1, -0.05) is 42.1 Å². The van der Waals surface area contributed by atoms with E-state index in [2.05, 4.69) is 18.7 Å². The van der Waals surface area contributed by atoms with Crippen molar-refractivity contribution in [3.8, 4) is 0 Å². The number of rotatable bonds is 8. The van der Waals surface area contributed by atoms with Crippen molar-refractivity contribution in [2.75, 3.05) is 18.0 Å². The molecule has 0 aliphatic heterocycles. The summed E-state index contributed by atoms with van der Waals surface area (Å²) in [6.07, 6.45) is 10.8. The van der Waals surface area contributed by atoms with Gasteiger partial charge in [-0.25, -0.2) is 4.79 Å². The Balaban J connectivity index is 2.21. The van der Waals surface area contributed by atoms with Crippen LogP contribution >= 0.6 is 11.8 Å². The number of allylic oxidation sites excluding steroid dienone is 6. The highest BCUT2D eigenvalue weighted by atomic mass is 32.2. The molecule has 0 atom stereocenters. The molecule has 0 radical (unpaired) electrons. The molecule has 148 valence electrons. The van der Waals surface area contributed by atoms with E-state index in [0.29, 0.717) is 11.1 Å². The lowest BCUT2D eigenvalue weighted by atomic mass is 10.1. The van der Waals surface area contributed by atoms with Crippen molar-refractivity contribution in [3.63, 3.8) is 0 Å². The summed E-state index contributed by atoms with van der Waals surface area (Å²) in [5, 5.41) is 9.35. The lowest BCUT2D eigenvalue weighted by Gasteiger charge is -2.21. The molecule has 1 aromatic heterocycles. The lowest BCUT2D eigenvalue weighted by molar-refractivity contribution is 0.559. The summed E-state index contributed by atoms with van der Waals surface area (Å²) in [5.74, 6) is 0. The van der Waals surface area contributed by atoms with Gasteiger partial charge in [-0.3, -0.25) is 5.41 Å². The van der Waals surface area contributed by atoms with Gasteiger partial charge >= 0.3 is 5.63 Å². The normalized spacial score (nSPS) is 12.4. The molecule has 0 amide bonds. The Morgan fingerprint density at radius 2 is 1.96 bits per heavy atom. The quantitative estimate of drug-likeness (QED) is 0.253. The van der Waals surface area contributed by atoms with Crippen molar-refractivity contribution in [2.24, 2.45) is 0 Å². The molecule has 1 aromatic carbocycles. The van der Waals surface area contributed by atoms with E-state index in [-0.39, 0.29) is 5.04 Å². The van der Waals surface area contributed by atoms with E-state index in [4.69, 9.17) is 9.83 Å². The van der Waals surface area contributed by atoms with Gasteiger partial charge in [0.15, 0.2) is 0 Å². The smallest absolute Gasteiger partial charge is 0.346 e. The second-order valence-electron chi connectivity index (χ2n) is 6.28. The van der Waals surface area contributed by atoms with E-state index >= 15 is 0 Å². The Labute approximate surface area is 171 Å². The molecule has 5 heteroatoms. The van der Waals surface area contributed by atoms with Gasteiger partial charge in [0.2, 0.25) is 0 Å². The van der Waals surface area contributed by atoms with Crippen LogP contribution in [0, 0.1) is 5.41 Å². The molecule has 0 fully saturated rings. The Hall–Kier alpha value is -2.53. The third-order valence-corrected chi connectivity index (χ3v) is 5.25. The van der Waals surface area contributed by atoms with Crippen molar-refractivity contribution < 1.29 is 4.42 Å². The third-order valence-electron chi connectivity index (χ3n) is 4.34. The minimum Gasteiger partial charge on any atom is -0.422 e. The Morgan fingerprint density at radius 1 is 1.21 bits per heavy atom. The van der Waals surface area contributed by atoms with E-state index in [1.54, 1.807) is 6.07 Å². The molecule has 0 saturated heterocycles. The highest BCUT2D eigenvalue weighted by Gasteiger charge is 2.13. The van der Waals surface area contributed by atoms with Crippen LogP contribution in [-0.2, 0) is 0 Å². The number of benzene rings is 1. The van der Waals surface area contributed by atoms with Crippen LogP contribution in [0.4, 0.5) is 5.69 Å². The molecule has 4 nitrogen and oxygen atoms in total. The van der Waals surface area contributed by atoms with Crippen molar-refractivity contribution in [1.82, 2.24) is 0 Å². The molecule has 2 aromatic rings. The van der Waals surface area contributed by atoms with Gasteiger partial charge in [0, 0.05) is 30.2 Å². The Kier molecular flexibility index (Phi) is 8.33. The van der Waals surface area contributed by atoms with Crippen LogP contribution in [0.5, 0.6) is 0 Å². The second kappa shape index (κ2) is 10.7. The third kappa shape index (κ3) is 5.73. The van der Waals surface area contributed by atoms with Crippen LogP contribution in [0.25, 0.3) is 11.0 Å². The van der Waals surface area contributed by atoms with Crippen molar-refractivity contribution >= 4 is 33.5 Å². The van der Waals surface area contributed by atoms with E-state index in [1.807, 2.05) is 62.4 Å². The van der Waals surface area contributed by atoms with Gasteiger partial charge in [0.25, 0.3) is 0 Å². The van der Waals surface area contributed by atoms with E-state index in [0.717, 1.165) is 35.5 Å². The summed E-state index contributed by atoms with van der Waals surface area (Å²) >= 11 is 1.28. The standard InChI is InChI=1S/C23H28N2O2S/c1-5-8-9-10-11-12-17(4)28-22(24)20-15-18-13-14-19(25(6-2)7-3)16-21(18)27-23(20)26/h5,8-10,12-16,24H,6-7,11H2,1-4H3/b8-5-,10-9?,17-12+,24-22?. The maximum Gasteiger partial charge on any atom is 0.346 e. The fraction of sp³-hybridized carbons (Fsp3) is 0.304. The fourth-order valence-electron chi connectivity index (χ4n) is 2.80. The van der Waals surface area contributed by atoms with Gasteiger partial charge in [0.1, 0.15) is 10.6 Å². The molecular formula is C23H28N2O2S. The summed E-state index contributed by atoms with van der Waals surface area (Å²) in [5.41, 5.74) is 1.41. The topological polar surface area (TPSA) is 57.3 Å². The first-order chi connectivity index (χ1) is 13.5. The van der Waals surface area contributed by atoms with Crippen molar-refractivity contribution in [1.29, 1.82) is 5.41 Å². The molecule has 28 heavy (non-hydrogen) atoms. The Morgan fingerprint density at radius 3 is 2.64 bits per heavy atom.